The van der Waals surface area contributed by atoms with Crippen LogP contribution in [0, 0.1) is 5.41 Å². The van der Waals surface area contributed by atoms with Crippen molar-refractivity contribution in [1.82, 2.24) is 0 Å². The Hall–Kier alpha value is -0.120. The average Bonchev–Trinajstić information content (AvgIpc) is 2.98. The van der Waals surface area contributed by atoms with Crippen LogP contribution in [0.4, 0.5) is 0 Å². The maximum Gasteiger partial charge on any atom is 0.0673 e. The smallest absolute Gasteiger partial charge is 0.0673 e. The fourth-order valence-electron chi connectivity index (χ4n) is 3.76. The van der Waals surface area contributed by atoms with Gasteiger partial charge in [-0.05, 0) is 25.7 Å². The van der Waals surface area contributed by atoms with E-state index in [0.29, 0.717) is 12.6 Å². The lowest BCUT2D eigenvalue weighted by Crippen LogP contribution is -2.48. The summed E-state index contributed by atoms with van der Waals surface area (Å²) in [7, 11) is 0. The number of unbranched alkanes of at least 4 members (excludes halogenated alkanes) is 4. The van der Waals surface area contributed by atoms with Gasteiger partial charge in [-0.2, -0.15) is 0 Å². The Labute approximate surface area is 111 Å². The topological polar surface area (TPSA) is 55.5 Å². The van der Waals surface area contributed by atoms with Gasteiger partial charge in [0.25, 0.3) is 0 Å². The van der Waals surface area contributed by atoms with E-state index in [2.05, 4.69) is 6.92 Å². The zero-order chi connectivity index (χ0) is 13.0. The Morgan fingerprint density at radius 3 is 2.61 bits per heavy atom. The Kier molecular flexibility index (Phi) is 5.05. The predicted octanol–water partition coefficient (Wildman–Crippen LogP) is 2.60. The molecular formula is C15H29NO2. The average molecular weight is 255 g/mol. The summed E-state index contributed by atoms with van der Waals surface area (Å²) in [5.74, 6) is 0. The van der Waals surface area contributed by atoms with Gasteiger partial charge in [-0.1, -0.05) is 39.0 Å². The molecule has 2 aliphatic heterocycles. The second-order valence-electron chi connectivity index (χ2n) is 6.18. The van der Waals surface area contributed by atoms with Crippen LogP contribution in [0.1, 0.15) is 64.7 Å². The highest BCUT2D eigenvalue weighted by Crippen LogP contribution is 2.50. The van der Waals surface area contributed by atoms with Crippen molar-refractivity contribution in [3.8, 4) is 0 Å². The maximum absolute atomic E-state index is 10.5. The standard InChI is InChI=1S/C15H29NO2/c1-2-3-4-5-6-7-13(17)15(11-16)10-12-8-9-14(15)18-12/h12-14,17H,2-11,16H2,1H3. The third-order valence-corrected chi connectivity index (χ3v) is 4.98. The molecule has 2 heterocycles. The minimum absolute atomic E-state index is 0.131. The van der Waals surface area contributed by atoms with Crippen molar-refractivity contribution in [2.75, 3.05) is 6.54 Å². The van der Waals surface area contributed by atoms with E-state index >= 15 is 0 Å². The summed E-state index contributed by atoms with van der Waals surface area (Å²) in [4.78, 5) is 0. The monoisotopic (exact) mass is 255 g/mol. The first-order chi connectivity index (χ1) is 8.73. The van der Waals surface area contributed by atoms with Crippen LogP contribution >= 0.6 is 0 Å². The Morgan fingerprint density at radius 1 is 1.28 bits per heavy atom. The van der Waals surface area contributed by atoms with Gasteiger partial charge in [0.15, 0.2) is 0 Å². The van der Waals surface area contributed by atoms with Gasteiger partial charge in [0.05, 0.1) is 18.3 Å². The fourth-order valence-corrected chi connectivity index (χ4v) is 3.76. The van der Waals surface area contributed by atoms with Crippen molar-refractivity contribution in [3.63, 3.8) is 0 Å². The number of hydrogen-bond acceptors (Lipinski definition) is 3. The van der Waals surface area contributed by atoms with Crippen molar-refractivity contribution in [3.05, 3.63) is 0 Å². The molecule has 3 nitrogen and oxygen atoms in total. The zero-order valence-corrected chi connectivity index (χ0v) is 11.7. The molecule has 2 bridgehead atoms. The molecule has 3 N–H and O–H groups in total. The molecule has 4 atom stereocenters. The van der Waals surface area contributed by atoms with E-state index in [1.807, 2.05) is 0 Å². The molecule has 0 aliphatic carbocycles. The summed E-state index contributed by atoms with van der Waals surface area (Å²) in [5, 5.41) is 10.5. The molecule has 2 fully saturated rings. The molecule has 0 aromatic rings. The largest absolute Gasteiger partial charge is 0.392 e. The van der Waals surface area contributed by atoms with Crippen LogP contribution in [0.2, 0.25) is 0 Å². The number of rotatable bonds is 8. The van der Waals surface area contributed by atoms with Gasteiger partial charge in [0.1, 0.15) is 0 Å². The third kappa shape index (κ3) is 2.73. The fraction of sp³-hybridized carbons (Fsp3) is 1.00. The molecule has 0 aromatic heterocycles. The van der Waals surface area contributed by atoms with E-state index in [1.54, 1.807) is 0 Å². The molecule has 2 rings (SSSR count). The number of hydrogen-bond donors (Lipinski definition) is 2. The summed E-state index contributed by atoms with van der Waals surface area (Å²) >= 11 is 0. The van der Waals surface area contributed by atoms with Gasteiger partial charge in [0.2, 0.25) is 0 Å². The van der Waals surface area contributed by atoms with Crippen LogP contribution in [-0.2, 0) is 4.74 Å². The Morgan fingerprint density at radius 2 is 2.06 bits per heavy atom. The van der Waals surface area contributed by atoms with Crippen molar-refractivity contribution in [2.45, 2.75) is 83.0 Å². The number of nitrogens with two attached hydrogens (primary N) is 1. The number of ether oxygens (including phenoxy) is 1. The molecule has 3 heteroatoms. The van der Waals surface area contributed by atoms with E-state index in [4.69, 9.17) is 10.5 Å². The van der Waals surface area contributed by atoms with E-state index in [9.17, 15) is 5.11 Å². The molecule has 0 saturated carbocycles. The molecule has 4 unspecified atom stereocenters. The zero-order valence-electron chi connectivity index (χ0n) is 11.7. The Bertz CT molecular complexity index is 259. The van der Waals surface area contributed by atoms with Crippen LogP contribution in [0.25, 0.3) is 0 Å². The second kappa shape index (κ2) is 6.36. The number of fused-ring (bicyclic) bond motifs is 2. The molecule has 2 saturated heterocycles. The van der Waals surface area contributed by atoms with E-state index in [0.717, 1.165) is 32.1 Å². The summed E-state index contributed by atoms with van der Waals surface area (Å²) in [6.07, 6.45) is 10.7. The van der Waals surface area contributed by atoms with Crippen LogP contribution in [-0.4, -0.2) is 30.0 Å². The normalized spacial score (nSPS) is 36.2. The van der Waals surface area contributed by atoms with Gasteiger partial charge in [-0.15, -0.1) is 0 Å². The molecule has 106 valence electrons. The first-order valence-corrected chi connectivity index (χ1v) is 7.76. The van der Waals surface area contributed by atoms with Gasteiger partial charge >= 0.3 is 0 Å². The third-order valence-electron chi connectivity index (χ3n) is 4.98. The summed E-state index contributed by atoms with van der Waals surface area (Å²) in [5.41, 5.74) is 5.84. The molecule has 0 radical (unpaired) electrons. The minimum atomic E-state index is -0.264. The second-order valence-corrected chi connectivity index (χ2v) is 6.18. The van der Waals surface area contributed by atoms with Crippen LogP contribution in [0.5, 0.6) is 0 Å². The van der Waals surface area contributed by atoms with Crippen molar-refractivity contribution in [1.29, 1.82) is 0 Å². The first kappa shape index (κ1) is 14.3. The van der Waals surface area contributed by atoms with Crippen molar-refractivity contribution < 1.29 is 9.84 Å². The van der Waals surface area contributed by atoms with Crippen LogP contribution < -0.4 is 5.73 Å². The molecule has 18 heavy (non-hydrogen) atoms. The van der Waals surface area contributed by atoms with Crippen LogP contribution in [0.15, 0.2) is 0 Å². The van der Waals surface area contributed by atoms with Crippen LogP contribution in [0.3, 0.4) is 0 Å². The summed E-state index contributed by atoms with van der Waals surface area (Å²) < 4.78 is 5.91. The van der Waals surface area contributed by atoms with Crippen molar-refractivity contribution >= 4 is 0 Å². The number of aliphatic hydroxyl groups is 1. The minimum Gasteiger partial charge on any atom is -0.392 e. The SMILES string of the molecule is CCCCCCCC(O)C1(CN)CC2CCC1O2. The van der Waals surface area contributed by atoms with E-state index in [-0.39, 0.29) is 17.6 Å². The van der Waals surface area contributed by atoms with Gasteiger partial charge in [0, 0.05) is 12.0 Å². The predicted molar refractivity (Wildman–Crippen MR) is 73.4 cm³/mol. The lowest BCUT2D eigenvalue weighted by molar-refractivity contribution is -0.0295. The highest BCUT2D eigenvalue weighted by Gasteiger charge is 2.54. The summed E-state index contributed by atoms with van der Waals surface area (Å²) in [6, 6.07) is 0. The van der Waals surface area contributed by atoms with Gasteiger partial charge in [-0.3, -0.25) is 0 Å². The summed E-state index contributed by atoms with van der Waals surface area (Å²) in [6.45, 7) is 2.80. The number of aliphatic hydroxyl groups excluding tert-OH is 1. The lowest BCUT2D eigenvalue weighted by Gasteiger charge is -2.38. The molecule has 2 aliphatic rings. The highest BCUT2D eigenvalue weighted by molar-refractivity contribution is 5.04. The molecular weight excluding hydrogens is 226 g/mol. The van der Waals surface area contributed by atoms with Gasteiger partial charge < -0.3 is 15.6 Å². The van der Waals surface area contributed by atoms with Gasteiger partial charge in [-0.25, -0.2) is 0 Å². The quantitative estimate of drug-likeness (QED) is 0.656. The lowest BCUT2D eigenvalue weighted by atomic mass is 9.69. The molecule has 0 aromatic carbocycles. The van der Waals surface area contributed by atoms with Crippen molar-refractivity contribution in [2.24, 2.45) is 11.1 Å². The Balaban J connectivity index is 1.78. The first-order valence-electron chi connectivity index (χ1n) is 7.76. The van der Waals surface area contributed by atoms with E-state index < -0.39 is 0 Å². The highest BCUT2D eigenvalue weighted by atomic mass is 16.5. The molecule has 0 amide bonds. The maximum atomic E-state index is 10.5. The van der Waals surface area contributed by atoms with E-state index in [1.165, 1.54) is 25.7 Å². The molecule has 0 spiro atoms.